The predicted molar refractivity (Wildman–Crippen MR) is 64.1 cm³/mol. The second-order valence-corrected chi connectivity index (χ2v) is 3.38. The van der Waals surface area contributed by atoms with Crippen LogP contribution in [0.2, 0.25) is 0 Å². The molecule has 0 fully saturated rings. The van der Waals surface area contributed by atoms with E-state index in [-0.39, 0.29) is 24.6 Å². The van der Waals surface area contributed by atoms with Gasteiger partial charge in [0.2, 0.25) is 0 Å². The Bertz CT molecular complexity index is 254. The first kappa shape index (κ1) is 14.6. The Morgan fingerprint density at radius 2 is 1.94 bits per heavy atom. The van der Waals surface area contributed by atoms with Crippen LogP contribution < -0.4 is 0 Å². The maximum absolute atomic E-state index is 11.3. The SMILES string of the molecule is C=CCC=CCCC(=O)CCC(=O)OCC. The summed E-state index contributed by atoms with van der Waals surface area (Å²) >= 11 is 0. The van der Waals surface area contributed by atoms with Crippen LogP contribution in [0, 0.1) is 0 Å². The summed E-state index contributed by atoms with van der Waals surface area (Å²) in [6.45, 7) is 5.72. The van der Waals surface area contributed by atoms with E-state index in [1.807, 2.05) is 12.2 Å². The molecule has 0 spiro atoms. The summed E-state index contributed by atoms with van der Waals surface area (Å²) in [4.78, 5) is 22.3. The molecule has 0 radical (unpaired) electrons. The summed E-state index contributed by atoms with van der Waals surface area (Å²) in [6, 6.07) is 0. The number of hydrogen-bond acceptors (Lipinski definition) is 3. The molecule has 0 aromatic carbocycles. The fraction of sp³-hybridized carbons (Fsp3) is 0.538. The summed E-state index contributed by atoms with van der Waals surface area (Å²) in [5.74, 6) is -0.186. The van der Waals surface area contributed by atoms with Gasteiger partial charge in [0.15, 0.2) is 0 Å². The molecule has 0 aromatic rings. The number of carbonyl (C=O) groups excluding carboxylic acids is 2. The fourth-order valence-corrected chi connectivity index (χ4v) is 1.15. The molecule has 16 heavy (non-hydrogen) atoms. The van der Waals surface area contributed by atoms with E-state index >= 15 is 0 Å². The Balaban J connectivity index is 3.51. The predicted octanol–water partition coefficient (Wildman–Crippen LogP) is 2.81. The maximum atomic E-state index is 11.3. The zero-order chi connectivity index (χ0) is 12.2. The van der Waals surface area contributed by atoms with Crippen molar-refractivity contribution in [3.8, 4) is 0 Å². The average molecular weight is 224 g/mol. The van der Waals surface area contributed by atoms with E-state index in [9.17, 15) is 9.59 Å². The number of hydrogen-bond donors (Lipinski definition) is 0. The van der Waals surface area contributed by atoms with Gasteiger partial charge in [-0.15, -0.1) is 6.58 Å². The molecule has 3 heteroatoms. The Morgan fingerprint density at radius 1 is 1.19 bits per heavy atom. The van der Waals surface area contributed by atoms with Crippen LogP contribution in [0.5, 0.6) is 0 Å². The largest absolute Gasteiger partial charge is 0.466 e. The molecule has 3 nitrogen and oxygen atoms in total. The molecule has 90 valence electrons. The van der Waals surface area contributed by atoms with E-state index < -0.39 is 0 Å². The minimum atomic E-state index is -0.293. The first-order valence-electron chi connectivity index (χ1n) is 5.64. The average Bonchev–Trinajstić information content (AvgIpc) is 2.26. The number of carbonyl (C=O) groups is 2. The van der Waals surface area contributed by atoms with Crippen molar-refractivity contribution >= 4 is 11.8 Å². The van der Waals surface area contributed by atoms with Gasteiger partial charge < -0.3 is 4.74 Å². The maximum Gasteiger partial charge on any atom is 0.306 e. The Morgan fingerprint density at radius 3 is 2.56 bits per heavy atom. The van der Waals surface area contributed by atoms with Crippen LogP contribution in [-0.4, -0.2) is 18.4 Å². The Hall–Kier alpha value is -1.38. The molecule has 0 aliphatic heterocycles. The van der Waals surface area contributed by atoms with Gasteiger partial charge >= 0.3 is 5.97 Å². The van der Waals surface area contributed by atoms with Crippen molar-refractivity contribution in [2.24, 2.45) is 0 Å². The van der Waals surface area contributed by atoms with E-state index in [1.54, 1.807) is 13.0 Å². The van der Waals surface area contributed by atoms with Crippen molar-refractivity contribution in [1.82, 2.24) is 0 Å². The third-order valence-corrected chi connectivity index (χ3v) is 1.97. The normalized spacial score (nSPS) is 10.3. The molecule has 0 saturated carbocycles. The van der Waals surface area contributed by atoms with Gasteiger partial charge in [-0.3, -0.25) is 9.59 Å². The summed E-state index contributed by atoms with van der Waals surface area (Å²) in [6.07, 6.45) is 8.28. The molecular weight excluding hydrogens is 204 g/mol. The molecule has 0 N–H and O–H groups in total. The molecule has 0 rings (SSSR count). The highest BCUT2D eigenvalue weighted by Crippen LogP contribution is 2.01. The van der Waals surface area contributed by atoms with E-state index in [0.717, 1.165) is 12.8 Å². The monoisotopic (exact) mass is 224 g/mol. The van der Waals surface area contributed by atoms with Crippen molar-refractivity contribution < 1.29 is 14.3 Å². The first-order valence-corrected chi connectivity index (χ1v) is 5.64. The Labute approximate surface area is 97.2 Å². The summed E-state index contributed by atoms with van der Waals surface area (Å²) < 4.78 is 4.73. The molecule has 0 aliphatic carbocycles. The minimum absolute atomic E-state index is 0.108. The van der Waals surface area contributed by atoms with Crippen LogP contribution in [0.4, 0.5) is 0 Å². The van der Waals surface area contributed by atoms with Crippen molar-refractivity contribution in [3.63, 3.8) is 0 Å². The van der Waals surface area contributed by atoms with Crippen molar-refractivity contribution in [3.05, 3.63) is 24.8 Å². The molecule has 0 amide bonds. The van der Waals surface area contributed by atoms with Gasteiger partial charge in [0, 0.05) is 12.8 Å². The number of esters is 1. The van der Waals surface area contributed by atoms with Crippen LogP contribution >= 0.6 is 0 Å². The second kappa shape index (κ2) is 10.1. The summed E-state index contributed by atoms with van der Waals surface area (Å²) in [5, 5.41) is 0. The highest BCUT2D eigenvalue weighted by molar-refractivity contribution is 5.82. The van der Waals surface area contributed by atoms with Crippen molar-refractivity contribution in [2.75, 3.05) is 6.61 Å². The van der Waals surface area contributed by atoms with E-state index in [0.29, 0.717) is 13.0 Å². The quantitative estimate of drug-likeness (QED) is 0.447. The number of Topliss-reactive ketones (excluding diaryl/α,β-unsaturated/α-hetero) is 1. The third kappa shape index (κ3) is 9.19. The Kier molecular flexibility index (Phi) is 9.27. The van der Waals surface area contributed by atoms with Gasteiger partial charge in [0.1, 0.15) is 5.78 Å². The molecule has 0 aromatic heterocycles. The minimum Gasteiger partial charge on any atom is -0.466 e. The molecule has 0 aliphatic rings. The van der Waals surface area contributed by atoms with Crippen LogP contribution in [0.3, 0.4) is 0 Å². The molecule has 0 unspecified atom stereocenters. The zero-order valence-electron chi connectivity index (χ0n) is 9.91. The van der Waals surface area contributed by atoms with Crippen LogP contribution in [0.25, 0.3) is 0 Å². The molecule has 0 bridgehead atoms. The van der Waals surface area contributed by atoms with Crippen LogP contribution in [0.15, 0.2) is 24.8 Å². The van der Waals surface area contributed by atoms with Crippen molar-refractivity contribution in [2.45, 2.75) is 39.0 Å². The van der Waals surface area contributed by atoms with E-state index in [1.165, 1.54) is 0 Å². The lowest BCUT2D eigenvalue weighted by Gasteiger charge is -2.00. The number of ether oxygens (including phenoxy) is 1. The lowest BCUT2D eigenvalue weighted by molar-refractivity contribution is -0.144. The summed E-state index contributed by atoms with van der Waals surface area (Å²) in [7, 11) is 0. The smallest absolute Gasteiger partial charge is 0.306 e. The second-order valence-electron chi connectivity index (χ2n) is 3.38. The van der Waals surface area contributed by atoms with Gasteiger partial charge in [-0.25, -0.2) is 0 Å². The van der Waals surface area contributed by atoms with Crippen LogP contribution in [0.1, 0.15) is 39.0 Å². The number of rotatable bonds is 9. The van der Waals surface area contributed by atoms with Crippen molar-refractivity contribution in [1.29, 1.82) is 0 Å². The number of allylic oxidation sites excluding steroid dienone is 3. The third-order valence-electron chi connectivity index (χ3n) is 1.97. The number of ketones is 1. The van der Waals surface area contributed by atoms with Gasteiger partial charge in [0.05, 0.1) is 13.0 Å². The highest BCUT2D eigenvalue weighted by Gasteiger charge is 2.06. The van der Waals surface area contributed by atoms with Gasteiger partial charge in [-0.1, -0.05) is 18.2 Å². The summed E-state index contributed by atoms with van der Waals surface area (Å²) in [5.41, 5.74) is 0. The zero-order valence-corrected chi connectivity index (χ0v) is 9.91. The topological polar surface area (TPSA) is 43.4 Å². The highest BCUT2D eigenvalue weighted by atomic mass is 16.5. The van der Waals surface area contributed by atoms with Crippen LogP contribution in [-0.2, 0) is 14.3 Å². The van der Waals surface area contributed by atoms with Gasteiger partial charge in [-0.2, -0.15) is 0 Å². The molecule has 0 heterocycles. The lowest BCUT2D eigenvalue weighted by atomic mass is 10.1. The fourth-order valence-electron chi connectivity index (χ4n) is 1.15. The lowest BCUT2D eigenvalue weighted by Crippen LogP contribution is -2.07. The molecule has 0 atom stereocenters. The van der Waals surface area contributed by atoms with E-state index in [4.69, 9.17) is 4.74 Å². The first-order chi connectivity index (χ1) is 7.70. The van der Waals surface area contributed by atoms with Gasteiger partial charge in [-0.05, 0) is 19.8 Å². The standard InChI is InChI=1S/C13H20O3/c1-3-5-6-7-8-9-12(14)10-11-13(15)16-4-2/h3,6-7H,1,4-5,8-11H2,2H3. The van der Waals surface area contributed by atoms with E-state index in [2.05, 4.69) is 6.58 Å². The van der Waals surface area contributed by atoms with Gasteiger partial charge in [0.25, 0.3) is 0 Å². The molecular formula is C13H20O3. The molecule has 0 saturated heterocycles.